The van der Waals surface area contributed by atoms with Crippen LogP contribution in [-0.4, -0.2) is 22.8 Å². The molecule has 1 aliphatic carbocycles. The van der Waals surface area contributed by atoms with Crippen LogP contribution in [0.25, 0.3) is 0 Å². The summed E-state index contributed by atoms with van der Waals surface area (Å²) in [7, 11) is 0. The SMILES string of the molecule is NC(=O)C1(OC(=O)O)CC1. The van der Waals surface area contributed by atoms with Crippen molar-refractivity contribution >= 4 is 12.1 Å². The summed E-state index contributed by atoms with van der Waals surface area (Å²) < 4.78 is 4.25. The molecule has 1 aliphatic rings. The molecule has 1 saturated carbocycles. The van der Waals surface area contributed by atoms with Gasteiger partial charge in [-0.3, -0.25) is 4.79 Å². The van der Waals surface area contributed by atoms with E-state index in [0.29, 0.717) is 12.8 Å². The van der Waals surface area contributed by atoms with Crippen LogP contribution in [0.2, 0.25) is 0 Å². The van der Waals surface area contributed by atoms with Crippen LogP contribution in [-0.2, 0) is 9.53 Å². The number of ether oxygens (including phenoxy) is 1. The summed E-state index contributed by atoms with van der Waals surface area (Å²) >= 11 is 0. The predicted molar refractivity (Wildman–Crippen MR) is 30.3 cm³/mol. The molecule has 0 saturated heterocycles. The van der Waals surface area contributed by atoms with Crippen molar-refractivity contribution in [1.29, 1.82) is 0 Å². The van der Waals surface area contributed by atoms with Gasteiger partial charge in [-0.15, -0.1) is 0 Å². The average molecular weight is 145 g/mol. The molecule has 0 atom stereocenters. The van der Waals surface area contributed by atoms with Crippen molar-refractivity contribution in [1.82, 2.24) is 0 Å². The Kier molecular flexibility index (Phi) is 1.28. The number of carboxylic acid groups (broad SMARTS) is 1. The number of rotatable bonds is 2. The molecule has 56 valence electrons. The maximum absolute atomic E-state index is 10.5. The normalized spacial score (nSPS) is 19.6. The number of carbonyl (C=O) groups is 2. The standard InChI is InChI=1S/C5H7NO4/c6-3(7)5(1-2-5)10-4(8)9/h1-2H2,(H2,6,7)(H,8,9). The lowest BCUT2D eigenvalue weighted by molar-refractivity contribution is -0.129. The fourth-order valence-electron chi connectivity index (χ4n) is 0.679. The van der Waals surface area contributed by atoms with Gasteiger partial charge in [0, 0.05) is 12.8 Å². The zero-order chi connectivity index (χ0) is 7.78. The van der Waals surface area contributed by atoms with Crippen molar-refractivity contribution in [3.05, 3.63) is 0 Å². The minimum atomic E-state index is -1.45. The van der Waals surface area contributed by atoms with Gasteiger partial charge >= 0.3 is 6.16 Å². The second-order valence-electron chi connectivity index (χ2n) is 2.23. The van der Waals surface area contributed by atoms with Gasteiger partial charge < -0.3 is 15.6 Å². The Labute approximate surface area is 56.8 Å². The highest BCUT2D eigenvalue weighted by Crippen LogP contribution is 2.39. The molecule has 0 aromatic rings. The minimum Gasteiger partial charge on any atom is -0.450 e. The van der Waals surface area contributed by atoms with Crippen molar-refractivity contribution in [2.24, 2.45) is 5.73 Å². The van der Waals surface area contributed by atoms with Crippen molar-refractivity contribution in [3.8, 4) is 0 Å². The van der Waals surface area contributed by atoms with Gasteiger partial charge in [0.1, 0.15) is 0 Å². The molecule has 10 heavy (non-hydrogen) atoms. The minimum absolute atomic E-state index is 0.411. The first-order valence-electron chi connectivity index (χ1n) is 2.79. The lowest BCUT2D eigenvalue weighted by Gasteiger charge is -2.07. The quantitative estimate of drug-likeness (QED) is 0.522. The Bertz CT molecular complexity index is 184. The summed E-state index contributed by atoms with van der Waals surface area (Å²) in [5.74, 6) is -0.699. The lowest BCUT2D eigenvalue weighted by Crippen LogP contribution is -2.34. The third-order valence-corrected chi connectivity index (χ3v) is 1.44. The van der Waals surface area contributed by atoms with E-state index in [9.17, 15) is 9.59 Å². The van der Waals surface area contributed by atoms with E-state index < -0.39 is 17.7 Å². The predicted octanol–water partition coefficient (Wildman–Crippen LogP) is -0.301. The van der Waals surface area contributed by atoms with Gasteiger partial charge in [0.05, 0.1) is 0 Å². The fourth-order valence-corrected chi connectivity index (χ4v) is 0.679. The van der Waals surface area contributed by atoms with Gasteiger partial charge in [-0.1, -0.05) is 0 Å². The fraction of sp³-hybridized carbons (Fsp3) is 0.600. The van der Waals surface area contributed by atoms with E-state index in [2.05, 4.69) is 4.74 Å². The Morgan fingerprint density at radius 2 is 2.00 bits per heavy atom. The molecule has 5 nitrogen and oxygen atoms in total. The number of hydrogen-bond donors (Lipinski definition) is 2. The van der Waals surface area contributed by atoms with E-state index in [0.717, 1.165) is 0 Å². The number of amides is 1. The van der Waals surface area contributed by atoms with Crippen LogP contribution >= 0.6 is 0 Å². The second-order valence-corrected chi connectivity index (χ2v) is 2.23. The second kappa shape index (κ2) is 1.86. The van der Waals surface area contributed by atoms with Crippen LogP contribution in [0.1, 0.15) is 12.8 Å². The Morgan fingerprint density at radius 3 is 2.10 bits per heavy atom. The molecule has 0 radical (unpaired) electrons. The molecule has 0 aromatic carbocycles. The van der Waals surface area contributed by atoms with Gasteiger partial charge in [0.25, 0.3) is 5.91 Å². The smallest absolute Gasteiger partial charge is 0.450 e. The molecule has 0 spiro atoms. The Balaban J connectivity index is 2.53. The lowest BCUT2D eigenvalue weighted by atomic mass is 10.3. The monoisotopic (exact) mass is 145 g/mol. The van der Waals surface area contributed by atoms with Crippen LogP contribution in [0.15, 0.2) is 0 Å². The highest BCUT2D eigenvalue weighted by Gasteiger charge is 2.53. The Hall–Kier alpha value is -1.26. The van der Waals surface area contributed by atoms with E-state index >= 15 is 0 Å². The molecule has 5 heteroatoms. The maximum atomic E-state index is 10.5. The first-order chi connectivity index (χ1) is 4.57. The first kappa shape index (κ1) is 6.85. The van der Waals surface area contributed by atoms with Crippen LogP contribution in [0, 0.1) is 0 Å². The first-order valence-corrected chi connectivity index (χ1v) is 2.79. The van der Waals surface area contributed by atoms with E-state index in [-0.39, 0.29) is 0 Å². The Morgan fingerprint density at radius 1 is 1.50 bits per heavy atom. The summed E-state index contributed by atoms with van der Waals surface area (Å²) in [5.41, 5.74) is 3.67. The van der Waals surface area contributed by atoms with Crippen LogP contribution < -0.4 is 5.73 Å². The molecule has 0 aromatic heterocycles. The van der Waals surface area contributed by atoms with Crippen molar-refractivity contribution in [2.75, 3.05) is 0 Å². The van der Waals surface area contributed by atoms with Crippen LogP contribution in [0.4, 0.5) is 4.79 Å². The molecule has 1 fully saturated rings. The largest absolute Gasteiger partial charge is 0.506 e. The third kappa shape index (κ3) is 1.02. The maximum Gasteiger partial charge on any atom is 0.506 e. The molecule has 0 bridgehead atoms. The molecule has 1 amide bonds. The zero-order valence-corrected chi connectivity index (χ0v) is 5.16. The van der Waals surface area contributed by atoms with Gasteiger partial charge in [0.2, 0.25) is 0 Å². The van der Waals surface area contributed by atoms with Crippen molar-refractivity contribution < 1.29 is 19.4 Å². The molecule has 1 rings (SSSR count). The summed E-state index contributed by atoms with van der Waals surface area (Å²) in [6.45, 7) is 0. The van der Waals surface area contributed by atoms with E-state index in [4.69, 9.17) is 10.8 Å². The molecule has 3 N–H and O–H groups in total. The summed E-state index contributed by atoms with van der Waals surface area (Å²) in [4.78, 5) is 20.4. The number of carbonyl (C=O) groups excluding carboxylic acids is 1. The van der Waals surface area contributed by atoms with Gasteiger partial charge in [0.15, 0.2) is 5.60 Å². The molecular formula is C5H7NO4. The zero-order valence-electron chi connectivity index (χ0n) is 5.16. The van der Waals surface area contributed by atoms with Gasteiger partial charge in [-0.2, -0.15) is 0 Å². The molecule has 0 unspecified atom stereocenters. The van der Waals surface area contributed by atoms with Crippen molar-refractivity contribution in [3.63, 3.8) is 0 Å². The average Bonchev–Trinajstić information content (AvgIpc) is 2.46. The van der Waals surface area contributed by atoms with Gasteiger partial charge in [-0.05, 0) is 0 Å². The number of hydrogen-bond acceptors (Lipinski definition) is 3. The van der Waals surface area contributed by atoms with E-state index in [1.807, 2.05) is 0 Å². The van der Waals surface area contributed by atoms with Crippen molar-refractivity contribution in [2.45, 2.75) is 18.4 Å². The van der Waals surface area contributed by atoms with Crippen LogP contribution in [0.3, 0.4) is 0 Å². The molecule has 0 aliphatic heterocycles. The third-order valence-electron chi connectivity index (χ3n) is 1.44. The van der Waals surface area contributed by atoms with E-state index in [1.165, 1.54) is 0 Å². The summed E-state index contributed by atoms with van der Waals surface area (Å²) in [5, 5.41) is 8.11. The highest BCUT2D eigenvalue weighted by molar-refractivity contribution is 5.88. The highest BCUT2D eigenvalue weighted by atomic mass is 16.7. The summed E-state index contributed by atoms with van der Waals surface area (Å²) in [6, 6.07) is 0. The number of primary amides is 1. The summed E-state index contributed by atoms with van der Waals surface area (Å²) in [6.07, 6.45) is -0.625. The molecular weight excluding hydrogens is 138 g/mol. The van der Waals surface area contributed by atoms with Crippen LogP contribution in [0.5, 0.6) is 0 Å². The topological polar surface area (TPSA) is 89.6 Å². The van der Waals surface area contributed by atoms with E-state index in [1.54, 1.807) is 0 Å². The number of nitrogens with two attached hydrogens (primary N) is 1. The van der Waals surface area contributed by atoms with Gasteiger partial charge in [-0.25, -0.2) is 4.79 Å². The molecule has 0 heterocycles.